The Balaban J connectivity index is 2.11. The summed E-state index contributed by atoms with van der Waals surface area (Å²) in [7, 11) is 1.85. The van der Waals surface area contributed by atoms with Crippen molar-refractivity contribution < 1.29 is 4.79 Å². The predicted octanol–water partition coefficient (Wildman–Crippen LogP) is 1.35. The smallest absolute Gasteiger partial charge is 0.228 e. The number of hydrogen-bond acceptors (Lipinski definition) is 3. The summed E-state index contributed by atoms with van der Waals surface area (Å²) < 4.78 is 1.73. The fourth-order valence-corrected chi connectivity index (χ4v) is 2.81. The van der Waals surface area contributed by atoms with E-state index in [0.717, 1.165) is 36.3 Å². The monoisotopic (exact) mass is 250 g/mol. The van der Waals surface area contributed by atoms with E-state index in [-0.39, 0.29) is 11.8 Å². The zero-order valence-electron chi connectivity index (χ0n) is 11.4. The summed E-state index contributed by atoms with van der Waals surface area (Å²) in [4.78, 5) is 12.3. The molecular weight excluding hydrogens is 228 g/mol. The molecule has 100 valence electrons. The Morgan fingerprint density at radius 2 is 2.22 bits per heavy atom. The Kier molecular flexibility index (Phi) is 3.71. The van der Waals surface area contributed by atoms with E-state index >= 15 is 0 Å². The van der Waals surface area contributed by atoms with Gasteiger partial charge in [-0.1, -0.05) is 6.42 Å². The summed E-state index contributed by atoms with van der Waals surface area (Å²) in [6.45, 7) is 4.53. The molecule has 0 radical (unpaired) electrons. The lowest BCUT2D eigenvalue weighted by molar-refractivity contribution is -0.120. The standard InChI is InChI=1S/C13H22N4O/c1-8-9(2)16-17(3)12(8)15-13(18)11-6-4-5-10(11)7-14/h10-11H,4-7,14H2,1-3H3,(H,15,18)/t10-,11-/m1/s1. The van der Waals surface area contributed by atoms with E-state index < -0.39 is 0 Å². The van der Waals surface area contributed by atoms with E-state index in [1.807, 2.05) is 20.9 Å². The van der Waals surface area contributed by atoms with Crippen molar-refractivity contribution in [2.24, 2.45) is 24.6 Å². The molecule has 1 aliphatic carbocycles. The Morgan fingerprint density at radius 3 is 2.78 bits per heavy atom. The maximum absolute atomic E-state index is 12.3. The lowest BCUT2D eigenvalue weighted by Gasteiger charge is -2.17. The predicted molar refractivity (Wildman–Crippen MR) is 71.2 cm³/mol. The van der Waals surface area contributed by atoms with E-state index in [1.54, 1.807) is 4.68 Å². The number of nitrogens with one attached hydrogen (secondary N) is 1. The number of nitrogens with zero attached hydrogens (tertiary/aromatic N) is 2. The van der Waals surface area contributed by atoms with Crippen LogP contribution in [0.2, 0.25) is 0 Å². The largest absolute Gasteiger partial charge is 0.330 e. The third-order valence-electron chi connectivity index (χ3n) is 4.06. The molecule has 2 rings (SSSR count). The topological polar surface area (TPSA) is 72.9 Å². The maximum Gasteiger partial charge on any atom is 0.228 e. The van der Waals surface area contributed by atoms with Crippen LogP contribution in [-0.2, 0) is 11.8 Å². The zero-order valence-corrected chi connectivity index (χ0v) is 11.4. The van der Waals surface area contributed by atoms with Gasteiger partial charge in [-0.05, 0) is 39.2 Å². The number of carbonyl (C=O) groups is 1. The van der Waals surface area contributed by atoms with Crippen molar-refractivity contribution in [2.75, 3.05) is 11.9 Å². The minimum atomic E-state index is 0.0598. The molecule has 1 saturated carbocycles. The third-order valence-corrected chi connectivity index (χ3v) is 4.06. The molecule has 3 N–H and O–H groups in total. The second-order valence-corrected chi connectivity index (χ2v) is 5.21. The average molecular weight is 250 g/mol. The van der Waals surface area contributed by atoms with Gasteiger partial charge >= 0.3 is 0 Å². The summed E-state index contributed by atoms with van der Waals surface area (Å²) in [5.74, 6) is 1.29. The molecule has 1 heterocycles. The van der Waals surface area contributed by atoms with Crippen molar-refractivity contribution >= 4 is 11.7 Å². The number of nitrogens with two attached hydrogens (primary N) is 1. The van der Waals surface area contributed by atoms with Crippen molar-refractivity contribution in [1.29, 1.82) is 0 Å². The summed E-state index contributed by atoms with van der Waals surface area (Å²) in [6.07, 6.45) is 3.12. The molecule has 1 aromatic rings. The first-order valence-electron chi connectivity index (χ1n) is 6.55. The summed E-state index contributed by atoms with van der Waals surface area (Å²) in [6, 6.07) is 0. The van der Waals surface area contributed by atoms with E-state index in [2.05, 4.69) is 10.4 Å². The molecule has 5 nitrogen and oxygen atoms in total. The molecule has 0 saturated heterocycles. The number of aromatic nitrogens is 2. The normalized spacial score (nSPS) is 23.3. The van der Waals surface area contributed by atoms with Gasteiger partial charge in [0.1, 0.15) is 5.82 Å². The zero-order chi connectivity index (χ0) is 13.3. The lowest BCUT2D eigenvalue weighted by Crippen LogP contribution is -2.30. The first-order chi connectivity index (χ1) is 8.54. The molecule has 1 fully saturated rings. The second kappa shape index (κ2) is 5.10. The third kappa shape index (κ3) is 2.27. The van der Waals surface area contributed by atoms with Gasteiger partial charge in [-0.2, -0.15) is 5.10 Å². The Bertz CT molecular complexity index is 452. The van der Waals surface area contributed by atoms with Crippen LogP contribution in [0.1, 0.15) is 30.5 Å². The van der Waals surface area contributed by atoms with Crippen LogP contribution in [0.4, 0.5) is 5.82 Å². The van der Waals surface area contributed by atoms with Crippen LogP contribution in [-0.4, -0.2) is 22.2 Å². The van der Waals surface area contributed by atoms with Gasteiger partial charge in [-0.15, -0.1) is 0 Å². The van der Waals surface area contributed by atoms with Crippen LogP contribution in [0.25, 0.3) is 0 Å². The number of rotatable bonds is 3. The van der Waals surface area contributed by atoms with Gasteiger partial charge in [0.2, 0.25) is 5.91 Å². The molecule has 2 atom stereocenters. The van der Waals surface area contributed by atoms with Crippen molar-refractivity contribution in [3.05, 3.63) is 11.3 Å². The van der Waals surface area contributed by atoms with Gasteiger partial charge in [0.25, 0.3) is 0 Å². The van der Waals surface area contributed by atoms with Gasteiger partial charge < -0.3 is 11.1 Å². The highest BCUT2D eigenvalue weighted by Gasteiger charge is 2.32. The molecule has 0 aliphatic heterocycles. The number of carbonyl (C=O) groups excluding carboxylic acids is 1. The fourth-order valence-electron chi connectivity index (χ4n) is 2.81. The molecular formula is C13H22N4O. The number of anilines is 1. The highest BCUT2D eigenvalue weighted by molar-refractivity contribution is 5.92. The van der Waals surface area contributed by atoms with Crippen LogP contribution < -0.4 is 11.1 Å². The average Bonchev–Trinajstić information content (AvgIpc) is 2.90. The maximum atomic E-state index is 12.3. The Morgan fingerprint density at radius 1 is 1.50 bits per heavy atom. The first kappa shape index (κ1) is 13.1. The molecule has 0 unspecified atom stereocenters. The Labute approximate surface area is 108 Å². The van der Waals surface area contributed by atoms with Gasteiger partial charge in [-0.25, -0.2) is 0 Å². The minimum Gasteiger partial charge on any atom is -0.330 e. The van der Waals surface area contributed by atoms with Crippen LogP contribution in [0.3, 0.4) is 0 Å². The molecule has 18 heavy (non-hydrogen) atoms. The van der Waals surface area contributed by atoms with Gasteiger partial charge in [0, 0.05) is 18.5 Å². The number of amides is 1. The number of hydrogen-bond donors (Lipinski definition) is 2. The molecule has 1 aromatic heterocycles. The first-order valence-corrected chi connectivity index (χ1v) is 6.55. The highest BCUT2D eigenvalue weighted by Crippen LogP contribution is 2.32. The summed E-state index contributed by atoms with van der Waals surface area (Å²) >= 11 is 0. The molecule has 0 bridgehead atoms. The van der Waals surface area contributed by atoms with Crippen molar-refractivity contribution in [3.63, 3.8) is 0 Å². The van der Waals surface area contributed by atoms with Crippen molar-refractivity contribution in [1.82, 2.24) is 9.78 Å². The molecule has 0 spiro atoms. The van der Waals surface area contributed by atoms with E-state index in [1.165, 1.54) is 0 Å². The van der Waals surface area contributed by atoms with Crippen LogP contribution in [0, 0.1) is 25.7 Å². The molecule has 1 aliphatic rings. The van der Waals surface area contributed by atoms with E-state index in [0.29, 0.717) is 12.5 Å². The van der Waals surface area contributed by atoms with Gasteiger partial charge in [0.05, 0.1) is 5.69 Å². The van der Waals surface area contributed by atoms with E-state index in [4.69, 9.17) is 5.73 Å². The van der Waals surface area contributed by atoms with E-state index in [9.17, 15) is 4.79 Å². The second-order valence-electron chi connectivity index (χ2n) is 5.21. The van der Waals surface area contributed by atoms with Crippen molar-refractivity contribution in [3.8, 4) is 0 Å². The lowest BCUT2D eigenvalue weighted by atomic mass is 9.95. The SMILES string of the molecule is Cc1nn(C)c(NC(=O)[C@@H]2CCC[C@@H]2CN)c1C. The summed E-state index contributed by atoms with van der Waals surface area (Å²) in [5, 5.41) is 7.32. The van der Waals surface area contributed by atoms with Gasteiger partial charge in [-0.3, -0.25) is 9.48 Å². The van der Waals surface area contributed by atoms with Crippen LogP contribution in [0.15, 0.2) is 0 Å². The Hall–Kier alpha value is -1.36. The molecule has 1 amide bonds. The van der Waals surface area contributed by atoms with Crippen LogP contribution >= 0.6 is 0 Å². The molecule has 5 heteroatoms. The van der Waals surface area contributed by atoms with Crippen LogP contribution in [0.5, 0.6) is 0 Å². The highest BCUT2D eigenvalue weighted by atomic mass is 16.2. The fraction of sp³-hybridized carbons (Fsp3) is 0.692. The number of aryl methyl sites for hydroxylation is 2. The quantitative estimate of drug-likeness (QED) is 0.850. The van der Waals surface area contributed by atoms with Gasteiger partial charge in [0.15, 0.2) is 0 Å². The van der Waals surface area contributed by atoms with Crippen molar-refractivity contribution in [2.45, 2.75) is 33.1 Å². The summed E-state index contributed by atoms with van der Waals surface area (Å²) in [5.41, 5.74) is 7.71. The minimum absolute atomic E-state index is 0.0598. The molecule has 0 aromatic carbocycles.